The first-order valence-corrected chi connectivity index (χ1v) is 9.79. The molecule has 0 atom stereocenters. The molecule has 0 unspecified atom stereocenters. The molecule has 5 nitrogen and oxygen atoms in total. The van der Waals surface area contributed by atoms with Crippen molar-refractivity contribution in [2.24, 2.45) is 0 Å². The van der Waals surface area contributed by atoms with E-state index in [-0.39, 0.29) is 11.1 Å². The summed E-state index contributed by atoms with van der Waals surface area (Å²) in [6.07, 6.45) is 2.62. The Balaban J connectivity index is 1.92. The Morgan fingerprint density at radius 1 is 0.935 bits per heavy atom. The maximum atomic E-state index is 13.2. The maximum Gasteiger partial charge on any atom is 0.336 e. The molecule has 4 aromatic rings. The monoisotopic (exact) mass is 429 g/mol. The molecular weight excluding hydrogens is 414 g/mol. The van der Waals surface area contributed by atoms with Gasteiger partial charge in [0.15, 0.2) is 5.78 Å². The lowest BCUT2D eigenvalue weighted by atomic mass is 9.93. The topological polar surface area (TPSA) is 87.2 Å². The number of benzene rings is 3. The molecule has 0 aliphatic rings. The number of hydrogen-bond donors (Lipinski definition) is 2. The number of carbonyl (C=O) groups is 2. The van der Waals surface area contributed by atoms with E-state index >= 15 is 0 Å². The van der Waals surface area contributed by atoms with Crippen molar-refractivity contribution in [3.05, 3.63) is 111 Å². The molecular formula is C25H16ClNO4. The van der Waals surface area contributed by atoms with Crippen molar-refractivity contribution in [1.82, 2.24) is 4.98 Å². The number of nitrogens with one attached hydrogen (secondary N) is 1. The molecule has 1 aromatic heterocycles. The first kappa shape index (κ1) is 20.3. The van der Waals surface area contributed by atoms with Gasteiger partial charge in [0.1, 0.15) is 0 Å². The first-order valence-electron chi connectivity index (χ1n) is 9.41. The maximum absolute atomic E-state index is 13.2. The van der Waals surface area contributed by atoms with E-state index in [0.29, 0.717) is 32.6 Å². The second-order valence-electron chi connectivity index (χ2n) is 6.85. The van der Waals surface area contributed by atoms with Gasteiger partial charge in [-0.3, -0.25) is 9.59 Å². The van der Waals surface area contributed by atoms with Crippen molar-refractivity contribution in [2.45, 2.75) is 0 Å². The number of pyridine rings is 1. The average Bonchev–Trinajstić information content (AvgIpc) is 2.77. The third-order valence-electron chi connectivity index (χ3n) is 4.89. The van der Waals surface area contributed by atoms with E-state index < -0.39 is 17.3 Å². The second-order valence-corrected chi connectivity index (χ2v) is 7.29. The van der Waals surface area contributed by atoms with Crippen LogP contribution >= 0.6 is 11.6 Å². The van der Waals surface area contributed by atoms with Crippen LogP contribution in [-0.4, -0.2) is 21.8 Å². The smallest absolute Gasteiger partial charge is 0.336 e. The van der Waals surface area contributed by atoms with Gasteiger partial charge in [-0.15, -0.1) is 0 Å². The lowest BCUT2D eigenvalue weighted by Gasteiger charge is -2.12. The van der Waals surface area contributed by atoms with Crippen molar-refractivity contribution in [2.75, 3.05) is 0 Å². The summed E-state index contributed by atoms with van der Waals surface area (Å²) in [6.45, 7) is 0. The zero-order chi connectivity index (χ0) is 22.0. The van der Waals surface area contributed by atoms with Crippen LogP contribution in [0.15, 0.2) is 83.7 Å². The Labute approximate surface area is 182 Å². The van der Waals surface area contributed by atoms with Crippen LogP contribution in [0.1, 0.15) is 26.3 Å². The number of hydrogen-bond acceptors (Lipinski definition) is 3. The Morgan fingerprint density at radius 3 is 2.39 bits per heavy atom. The minimum absolute atomic E-state index is 0.0370. The van der Waals surface area contributed by atoms with Gasteiger partial charge >= 0.3 is 5.97 Å². The first-order chi connectivity index (χ1) is 15.0. The number of aromatic carboxylic acids is 1. The minimum Gasteiger partial charge on any atom is -0.478 e. The number of aromatic nitrogens is 1. The summed E-state index contributed by atoms with van der Waals surface area (Å²) >= 11 is 6.19. The zero-order valence-electron chi connectivity index (χ0n) is 16.1. The molecule has 0 aliphatic carbocycles. The van der Waals surface area contributed by atoms with E-state index in [1.807, 2.05) is 30.3 Å². The van der Waals surface area contributed by atoms with Crippen LogP contribution in [-0.2, 0) is 0 Å². The van der Waals surface area contributed by atoms with E-state index in [9.17, 15) is 19.5 Å². The molecule has 1 heterocycles. The summed E-state index contributed by atoms with van der Waals surface area (Å²) in [5.41, 5.74) is 1.59. The predicted octanol–water partition coefficient (Wildman–Crippen LogP) is 5.44. The highest BCUT2D eigenvalue weighted by Crippen LogP contribution is 2.31. The number of H-pyrrole nitrogens is 1. The highest BCUT2D eigenvalue weighted by atomic mass is 35.5. The van der Waals surface area contributed by atoms with Gasteiger partial charge in [0, 0.05) is 21.5 Å². The molecule has 0 aliphatic heterocycles. The second kappa shape index (κ2) is 8.42. The van der Waals surface area contributed by atoms with Gasteiger partial charge in [-0.2, -0.15) is 0 Å². The Kier molecular flexibility index (Phi) is 5.52. The molecule has 3 aromatic carbocycles. The number of allylic oxidation sites excluding steroid dienone is 1. The highest BCUT2D eigenvalue weighted by Gasteiger charge is 2.19. The van der Waals surface area contributed by atoms with E-state index in [4.69, 9.17) is 11.6 Å². The predicted molar refractivity (Wildman–Crippen MR) is 122 cm³/mol. The summed E-state index contributed by atoms with van der Waals surface area (Å²) in [6, 6.07) is 20.5. The molecule has 0 spiro atoms. The van der Waals surface area contributed by atoms with Crippen LogP contribution in [0.25, 0.3) is 28.1 Å². The van der Waals surface area contributed by atoms with Crippen molar-refractivity contribution in [1.29, 1.82) is 0 Å². The highest BCUT2D eigenvalue weighted by molar-refractivity contribution is 6.31. The van der Waals surface area contributed by atoms with Gasteiger partial charge in [0.05, 0.1) is 11.1 Å². The quantitative estimate of drug-likeness (QED) is 0.326. The molecule has 2 N–H and O–H groups in total. The molecule has 152 valence electrons. The molecule has 6 heteroatoms. The summed E-state index contributed by atoms with van der Waals surface area (Å²) in [5.74, 6) is -1.64. The molecule has 0 bridgehead atoms. The van der Waals surface area contributed by atoms with Gasteiger partial charge in [0.2, 0.25) is 0 Å². The standard InChI is InChI=1S/C25H16ClNO4/c26-17-11-12-20-19(14-17)22(16-7-2-1-3-8-16)23(24(29)27-20)21(28)13-10-15-6-4-5-9-18(15)25(30)31/h1-14H,(H,27,29)(H,30,31)/b13-10+. The lowest BCUT2D eigenvalue weighted by Crippen LogP contribution is -2.18. The van der Waals surface area contributed by atoms with Crippen molar-refractivity contribution in [3.63, 3.8) is 0 Å². The molecule has 0 amide bonds. The van der Waals surface area contributed by atoms with Crippen LogP contribution in [0.3, 0.4) is 0 Å². The van der Waals surface area contributed by atoms with E-state index in [1.54, 1.807) is 36.4 Å². The Hall–Kier alpha value is -3.96. The average molecular weight is 430 g/mol. The zero-order valence-corrected chi connectivity index (χ0v) is 16.9. The normalized spacial score (nSPS) is 11.1. The fraction of sp³-hybridized carbons (Fsp3) is 0. The van der Waals surface area contributed by atoms with Crippen molar-refractivity contribution in [3.8, 4) is 11.1 Å². The molecule has 0 radical (unpaired) electrons. The number of carboxylic acids is 1. The SMILES string of the molecule is O=C(O)c1ccccc1/C=C/C(=O)c1c(-c2ccccc2)c2cc(Cl)ccc2[nH]c1=O. The molecule has 4 rings (SSSR count). The van der Waals surface area contributed by atoms with Crippen LogP contribution < -0.4 is 5.56 Å². The van der Waals surface area contributed by atoms with Gasteiger partial charge < -0.3 is 10.1 Å². The van der Waals surface area contributed by atoms with Gasteiger partial charge in [-0.05, 0) is 41.5 Å². The van der Waals surface area contributed by atoms with Crippen molar-refractivity contribution < 1.29 is 14.7 Å². The van der Waals surface area contributed by atoms with Crippen LogP contribution in [0.4, 0.5) is 0 Å². The number of rotatable bonds is 5. The fourth-order valence-electron chi connectivity index (χ4n) is 3.49. The number of fused-ring (bicyclic) bond motifs is 1. The summed E-state index contributed by atoms with van der Waals surface area (Å²) in [4.78, 5) is 40.2. The van der Waals surface area contributed by atoms with Crippen LogP contribution in [0, 0.1) is 0 Å². The summed E-state index contributed by atoms with van der Waals surface area (Å²) in [5, 5.41) is 10.5. The number of ketones is 1. The van der Waals surface area contributed by atoms with Crippen LogP contribution in [0.2, 0.25) is 5.02 Å². The van der Waals surface area contributed by atoms with Gasteiger partial charge in [-0.1, -0.05) is 66.2 Å². The molecule has 31 heavy (non-hydrogen) atoms. The third kappa shape index (κ3) is 4.04. The number of carboxylic acid groups (broad SMARTS) is 1. The minimum atomic E-state index is -1.10. The number of halogens is 1. The van der Waals surface area contributed by atoms with Gasteiger partial charge in [-0.25, -0.2) is 4.79 Å². The van der Waals surface area contributed by atoms with Crippen molar-refractivity contribution >= 4 is 40.3 Å². The van der Waals surface area contributed by atoms with E-state index in [2.05, 4.69) is 4.98 Å². The molecule has 0 fully saturated rings. The van der Waals surface area contributed by atoms with E-state index in [1.165, 1.54) is 18.2 Å². The Morgan fingerprint density at radius 2 is 1.65 bits per heavy atom. The van der Waals surface area contributed by atoms with E-state index in [0.717, 1.165) is 0 Å². The van der Waals surface area contributed by atoms with Gasteiger partial charge in [0.25, 0.3) is 5.56 Å². The summed E-state index contributed by atoms with van der Waals surface area (Å²) < 4.78 is 0. The number of carbonyl (C=O) groups excluding carboxylic acids is 1. The lowest BCUT2D eigenvalue weighted by molar-refractivity contribution is 0.0696. The number of aromatic amines is 1. The third-order valence-corrected chi connectivity index (χ3v) is 5.13. The molecule has 0 saturated heterocycles. The summed E-state index contributed by atoms with van der Waals surface area (Å²) in [7, 11) is 0. The largest absolute Gasteiger partial charge is 0.478 e. The fourth-order valence-corrected chi connectivity index (χ4v) is 3.66. The Bertz CT molecular complexity index is 1400. The molecule has 0 saturated carbocycles. The van der Waals surface area contributed by atoms with Crippen LogP contribution in [0.5, 0.6) is 0 Å².